The third-order valence-corrected chi connectivity index (χ3v) is 6.39. The molecule has 1 aromatic heterocycles. The van der Waals surface area contributed by atoms with Crippen molar-refractivity contribution in [1.29, 1.82) is 0 Å². The number of hydrogen-bond acceptors (Lipinski definition) is 5. The number of carbonyl (C=O) groups excluding carboxylic acids is 2. The van der Waals surface area contributed by atoms with Crippen LogP contribution in [0.2, 0.25) is 0 Å². The molecule has 6 nitrogen and oxygen atoms in total. The molecule has 0 bridgehead atoms. The van der Waals surface area contributed by atoms with Crippen molar-refractivity contribution in [3.63, 3.8) is 0 Å². The van der Waals surface area contributed by atoms with Gasteiger partial charge in [0.1, 0.15) is 17.6 Å². The summed E-state index contributed by atoms with van der Waals surface area (Å²) in [6.45, 7) is 6.63. The Kier molecular flexibility index (Phi) is 7.30. The molecule has 3 aromatic rings. The summed E-state index contributed by atoms with van der Waals surface area (Å²) < 4.78 is 5.76. The molecule has 1 aliphatic heterocycles. The van der Waals surface area contributed by atoms with Crippen molar-refractivity contribution < 1.29 is 19.4 Å². The van der Waals surface area contributed by atoms with E-state index >= 15 is 0 Å². The van der Waals surface area contributed by atoms with Crippen molar-refractivity contribution in [2.24, 2.45) is 0 Å². The second kappa shape index (κ2) is 10.6. The molecule has 4 rings (SSSR count). The van der Waals surface area contributed by atoms with Gasteiger partial charge in [-0.05, 0) is 73.9 Å². The lowest BCUT2D eigenvalue weighted by atomic mass is 9.97. The SMILES string of the molecule is CCCCCOc1ccc(/C(O)=C2\C(=O)C(=O)N(c3cccc(C)c3C)C2c2ccccn2)cc1. The Labute approximate surface area is 205 Å². The number of amides is 1. The Hall–Kier alpha value is -3.93. The molecular formula is C29H30N2O4. The van der Waals surface area contributed by atoms with Crippen molar-refractivity contribution in [2.45, 2.75) is 46.1 Å². The minimum Gasteiger partial charge on any atom is -0.507 e. The average Bonchev–Trinajstić information content (AvgIpc) is 3.14. The van der Waals surface area contributed by atoms with E-state index in [-0.39, 0.29) is 11.3 Å². The first-order valence-electron chi connectivity index (χ1n) is 12.0. The number of anilines is 1. The summed E-state index contributed by atoms with van der Waals surface area (Å²) >= 11 is 0. The molecule has 1 atom stereocenters. The number of aliphatic hydroxyl groups excluding tert-OH is 1. The van der Waals surface area contributed by atoms with Gasteiger partial charge >= 0.3 is 0 Å². The molecule has 180 valence electrons. The summed E-state index contributed by atoms with van der Waals surface area (Å²) in [5.74, 6) is -0.968. The van der Waals surface area contributed by atoms with Gasteiger partial charge in [-0.3, -0.25) is 19.5 Å². The predicted octanol–water partition coefficient (Wildman–Crippen LogP) is 5.89. The Balaban J connectivity index is 1.77. The maximum Gasteiger partial charge on any atom is 0.300 e. The number of unbranched alkanes of at least 4 members (excludes halogenated alkanes) is 2. The molecule has 2 aromatic carbocycles. The molecule has 1 N–H and O–H groups in total. The van der Waals surface area contributed by atoms with Crippen LogP contribution in [0.3, 0.4) is 0 Å². The van der Waals surface area contributed by atoms with Crippen LogP contribution in [0.25, 0.3) is 5.76 Å². The van der Waals surface area contributed by atoms with Gasteiger partial charge in [0, 0.05) is 17.4 Å². The minimum absolute atomic E-state index is 0.0196. The highest BCUT2D eigenvalue weighted by Gasteiger charge is 2.48. The second-order valence-electron chi connectivity index (χ2n) is 8.72. The summed E-state index contributed by atoms with van der Waals surface area (Å²) in [6, 6.07) is 17.0. The van der Waals surface area contributed by atoms with Crippen molar-refractivity contribution in [2.75, 3.05) is 11.5 Å². The molecule has 0 radical (unpaired) electrons. The predicted molar refractivity (Wildman–Crippen MR) is 136 cm³/mol. The summed E-state index contributed by atoms with van der Waals surface area (Å²) in [5.41, 5.74) is 3.47. The maximum absolute atomic E-state index is 13.3. The number of carbonyl (C=O) groups is 2. The number of aromatic nitrogens is 1. The second-order valence-corrected chi connectivity index (χ2v) is 8.72. The first-order valence-corrected chi connectivity index (χ1v) is 12.0. The molecule has 1 saturated heterocycles. The number of ketones is 1. The van der Waals surface area contributed by atoms with Gasteiger partial charge in [-0.2, -0.15) is 0 Å². The van der Waals surface area contributed by atoms with Gasteiger partial charge in [-0.15, -0.1) is 0 Å². The van der Waals surface area contributed by atoms with Crippen LogP contribution in [0.5, 0.6) is 5.75 Å². The highest BCUT2D eigenvalue weighted by atomic mass is 16.5. The number of aliphatic hydroxyl groups is 1. The van der Waals surface area contributed by atoms with E-state index < -0.39 is 17.7 Å². The molecule has 1 unspecified atom stereocenters. The van der Waals surface area contributed by atoms with Gasteiger partial charge in [-0.25, -0.2) is 0 Å². The number of benzene rings is 2. The van der Waals surface area contributed by atoms with Crippen LogP contribution in [-0.4, -0.2) is 28.4 Å². The Morgan fingerprint density at radius 2 is 1.77 bits per heavy atom. The third-order valence-electron chi connectivity index (χ3n) is 6.39. The van der Waals surface area contributed by atoms with Gasteiger partial charge in [0.15, 0.2) is 0 Å². The van der Waals surface area contributed by atoms with E-state index in [2.05, 4.69) is 11.9 Å². The van der Waals surface area contributed by atoms with Crippen LogP contribution in [0.4, 0.5) is 5.69 Å². The average molecular weight is 471 g/mol. The largest absolute Gasteiger partial charge is 0.507 e. The zero-order chi connectivity index (χ0) is 24.9. The van der Waals surface area contributed by atoms with Gasteiger partial charge in [0.25, 0.3) is 11.7 Å². The molecule has 0 aliphatic carbocycles. The fraction of sp³-hybridized carbons (Fsp3) is 0.276. The fourth-order valence-electron chi connectivity index (χ4n) is 4.30. The smallest absolute Gasteiger partial charge is 0.300 e. The lowest BCUT2D eigenvalue weighted by Crippen LogP contribution is -2.30. The Morgan fingerprint density at radius 3 is 2.46 bits per heavy atom. The zero-order valence-electron chi connectivity index (χ0n) is 20.3. The number of hydrogen-bond donors (Lipinski definition) is 1. The summed E-state index contributed by atoms with van der Waals surface area (Å²) in [7, 11) is 0. The molecule has 2 heterocycles. The van der Waals surface area contributed by atoms with Crippen LogP contribution >= 0.6 is 0 Å². The first-order chi connectivity index (χ1) is 16.9. The molecule has 0 spiro atoms. The fourth-order valence-corrected chi connectivity index (χ4v) is 4.30. The molecule has 0 saturated carbocycles. The van der Waals surface area contributed by atoms with Crippen LogP contribution in [0.15, 0.2) is 72.4 Å². The molecular weight excluding hydrogens is 440 g/mol. The highest BCUT2D eigenvalue weighted by Crippen LogP contribution is 2.42. The molecule has 1 amide bonds. The molecule has 1 fully saturated rings. The zero-order valence-corrected chi connectivity index (χ0v) is 20.3. The van der Waals surface area contributed by atoms with Crippen LogP contribution in [0.1, 0.15) is 54.6 Å². The number of Topliss-reactive ketones (excluding diaryl/α,β-unsaturated/α-hetero) is 1. The standard InChI is InChI=1S/C29H30N2O4/c1-4-5-8-18-35-22-15-13-21(14-16-22)27(32)25-26(23-11-6-7-17-30-23)31(29(34)28(25)33)24-12-9-10-19(2)20(24)3/h6-7,9-17,26,32H,4-5,8,18H2,1-3H3/b27-25+. The highest BCUT2D eigenvalue weighted by molar-refractivity contribution is 6.51. The summed E-state index contributed by atoms with van der Waals surface area (Å²) in [6.07, 6.45) is 4.81. The summed E-state index contributed by atoms with van der Waals surface area (Å²) in [4.78, 5) is 32.5. The maximum atomic E-state index is 13.3. The van der Waals surface area contributed by atoms with E-state index in [1.54, 1.807) is 48.7 Å². The van der Waals surface area contributed by atoms with E-state index in [0.29, 0.717) is 29.3 Å². The van der Waals surface area contributed by atoms with Gasteiger partial charge in [-0.1, -0.05) is 38.0 Å². The van der Waals surface area contributed by atoms with E-state index in [4.69, 9.17) is 4.74 Å². The van der Waals surface area contributed by atoms with Gasteiger partial charge < -0.3 is 9.84 Å². The number of rotatable bonds is 8. The number of aryl methyl sites for hydroxylation is 1. The first kappa shape index (κ1) is 24.2. The number of pyridine rings is 1. The monoisotopic (exact) mass is 470 g/mol. The quantitative estimate of drug-likeness (QED) is 0.192. The van der Waals surface area contributed by atoms with Gasteiger partial charge in [0.2, 0.25) is 0 Å². The summed E-state index contributed by atoms with van der Waals surface area (Å²) in [5, 5.41) is 11.3. The van der Waals surface area contributed by atoms with E-state index in [9.17, 15) is 14.7 Å². The number of ether oxygens (including phenoxy) is 1. The van der Waals surface area contributed by atoms with Crippen molar-refractivity contribution in [1.82, 2.24) is 4.98 Å². The lowest BCUT2D eigenvalue weighted by molar-refractivity contribution is -0.132. The van der Waals surface area contributed by atoms with E-state index in [1.807, 2.05) is 32.0 Å². The van der Waals surface area contributed by atoms with Crippen molar-refractivity contribution >= 4 is 23.1 Å². The van der Waals surface area contributed by atoms with E-state index in [0.717, 1.165) is 30.4 Å². The lowest BCUT2D eigenvalue weighted by Gasteiger charge is -2.26. The van der Waals surface area contributed by atoms with Gasteiger partial charge in [0.05, 0.1) is 17.9 Å². The normalized spacial score (nSPS) is 17.1. The van der Waals surface area contributed by atoms with Crippen LogP contribution < -0.4 is 9.64 Å². The van der Waals surface area contributed by atoms with Crippen LogP contribution in [0, 0.1) is 13.8 Å². The third kappa shape index (κ3) is 4.83. The number of nitrogens with zero attached hydrogens (tertiary/aromatic N) is 2. The van der Waals surface area contributed by atoms with Crippen LogP contribution in [-0.2, 0) is 9.59 Å². The molecule has 6 heteroatoms. The van der Waals surface area contributed by atoms with Crippen molar-refractivity contribution in [3.05, 3.63) is 94.8 Å². The minimum atomic E-state index is -0.846. The Morgan fingerprint density at radius 1 is 1.00 bits per heavy atom. The van der Waals surface area contributed by atoms with E-state index in [1.165, 1.54) is 4.90 Å². The molecule has 1 aliphatic rings. The Bertz CT molecular complexity index is 1250. The molecule has 35 heavy (non-hydrogen) atoms. The van der Waals surface area contributed by atoms with Crippen molar-refractivity contribution in [3.8, 4) is 5.75 Å². The topological polar surface area (TPSA) is 79.7 Å².